The molecule has 0 spiro atoms. The van der Waals surface area contributed by atoms with Crippen molar-refractivity contribution in [2.45, 2.75) is 26.8 Å². The van der Waals surface area contributed by atoms with Crippen LogP contribution in [0.25, 0.3) is 11.1 Å². The van der Waals surface area contributed by atoms with Crippen LogP contribution in [0.5, 0.6) is 0 Å². The van der Waals surface area contributed by atoms with Crippen molar-refractivity contribution in [3.8, 4) is 0 Å². The number of thiazole rings is 1. The van der Waals surface area contributed by atoms with E-state index >= 15 is 0 Å². The van der Waals surface area contributed by atoms with Crippen LogP contribution in [0.2, 0.25) is 5.02 Å². The van der Waals surface area contributed by atoms with Crippen LogP contribution in [0.15, 0.2) is 27.4 Å². The van der Waals surface area contributed by atoms with Crippen molar-refractivity contribution < 1.29 is 9.21 Å². The molecule has 1 aromatic carbocycles. The number of hydrogen-bond acceptors (Lipinski definition) is 5. The van der Waals surface area contributed by atoms with Gasteiger partial charge in [-0.25, -0.2) is 9.78 Å². The predicted octanol–water partition coefficient (Wildman–Crippen LogP) is 3.35. The highest BCUT2D eigenvalue weighted by Crippen LogP contribution is 2.21. The lowest BCUT2D eigenvalue weighted by Crippen LogP contribution is -2.19. The van der Waals surface area contributed by atoms with Gasteiger partial charge >= 0.3 is 5.76 Å². The lowest BCUT2D eigenvalue weighted by Gasteiger charge is -2.03. The van der Waals surface area contributed by atoms with Gasteiger partial charge in [0.25, 0.3) is 0 Å². The Hall–Kier alpha value is -2.12. The molecule has 6 nitrogen and oxygen atoms in total. The second-order valence-corrected chi connectivity index (χ2v) is 6.73. The Morgan fingerprint density at radius 3 is 2.91 bits per heavy atom. The van der Waals surface area contributed by atoms with Crippen molar-refractivity contribution in [2.24, 2.45) is 0 Å². The van der Waals surface area contributed by atoms with Gasteiger partial charge in [-0.3, -0.25) is 9.36 Å². The summed E-state index contributed by atoms with van der Waals surface area (Å²) in [6, 6.07) is 4.96. The summed E-state index contributed by atoms with van der Waals surface area (Å²) in [6.45, 7) is 4.07. The summed E-state index contributed by atoms with van der Waals surface area (Å²) < 4.78 is 6.55. The first kappa shape index (κ1) is 15.8. The SMILES string of the molecule is Cc1nc(NC(=O)CCn2c(=O)oc3cc(Cl)ccc32)sc1C. The Balaban J connectivity index is 1.72. The van der Waals surface area contributed by atoms with Crippen LogP contribution < -0.4 is 11.1 Å². The number of aryl methyl sites for hydroxylation is 3. The molecule has 0 aliphatic carbocycles. The number of aromatic nitrogens is 2. The minimum atomic E-state index is -0.504. The number of fused-ring (bicyclic) bond motifs is 1. The molecule has 0 aliphatic rings. The van der Waals surface area contributed by atoms with E-state index in [2.05, 4.69) is 10.3 Å². The van der Waals surface area contributed by atoms with Gasteiger partial charge in [-0.2, -0.15) is 0 Å². The first-order chi connectivity index (χ1) is 10.9. The summed E-state index contributed by atoms with van der Waals surface area (Å²) in [5.41, 5.74) is 1.93. The van der Waals surface area contributed by atoms with Gasteiger partial charge in [0.05, 0.1) is 11.2 Å². The molecule has 1 N–H and O–H groups in total. The molecule has 0 bridgehead atoms. The van der Waals surface area contributed by atoms with E-state index in [9.17, 15) is 9.59 Å². The first-order valence-corrected chi connectivity index (χ1v) is 8.16. The summed E-state index contributed by atoms with van der Waals surface area (Å²) >= 11 is 7.30. The Morgan fingerprint density at radius 1 is 1.43 bits per heavy atom. The van der Waals surface area contributed by atoms with E-state index in [1.807, 2.05) is 13.8 Å². The fourth-order valence-electron chi connectivity index (χ4n) is 2.17. The lowest BCUT2D eigenvalue weighted by molar-refractivity contribution is -0.116. The summed E-state index contributed by atoms with van der Waals surface area (Å²) in [5, 5.41) is 3.81. The maximum atomic E-state index is 12.0. The summed E-state index contributed by atoms with van der Waals surface area (Å²) in [5.74, 6) is -0.704. The fraction of sp³-hybridized carbons (Fsp3) is 0.267. The highest BCUT2D eigenvalue weighted by Gasteiger charge is 2.12. The van der Waals surface area contributed by atoms with E-state index < -0.39 is 5.76 Å². The molecule has 0 saturated carbocycles. The monoisotopic (exact) mass is 351 g/mol. The van der Waals surface area contributed by atoms with Crippen molar-refractivity contribution in [1.82, 2.24) is 9.55 Å². The van der Waals surface area contributed by atoms with Gasteiger partial charge in [0.1, 0.15) is 0 Å². The smallest absolute Gasteiger partial charge is 0.408 e. The van der Waals surface area contributed by atoms with Crippen LogP contribution in [0.4, 0.5) is 5.13 Å². The molecule has 0 aliphatic heterocycles. The van der Waals surface area contributed by atoms with Crippen LogP contribution in [-0.2, 0) is 11.3 Å². The summed E-state index contributed by atoms with van der Waals surface area (Å²) in [7, 11) is 0. The molecule has 2 aromatic heterocycles. The number of amides is 1. The zero-order valence-electron chi connectivity index (χ0n) is 12.6. The van der Waals surface area contributed by atoms with Crippen molar-refractivity contribution in [2.75, 3.05) is 5.32 Å². The number of carbonyl (C=O) groups is 1. The molecule has 3 rings (SSSR count). The summed E-state index contributed by atoms with van der Waals surface area (Å²) in [6.07, 6.45) is 0.148. The fourth-order valence-corrected chi connectivity index (χ4v) is 3.17. The Bertz CT molecular complexity index is 922. The van der Waals surface area contributed by atoms with E-state index in [4.69, 9.17) is 16.0 Å². The molecule has 120 valence electrons. The van der Waals surface area contributed by atoms with Crippen molar-refractivity contribution in [3.05, 3.63) is 44.3 Å². The van der Waals surface area contributed by atoms with E-state index in [-0.39, 0.29) is 18.9 Å². The number of hydrogen-bond donors (Lipinski definition) is 1. The van der Waals surface area contributed by atoms with Crippen molar-refractivity contribution in [3.63, 3.8) is 0 Å². The minimum absolute atomic E-state index is 0.148. The molecule has 0 unspecified atom stereocenters. The number of rotatable bonds is 4. The Labute approximate surface area is 140 Å². The number of oxazole rings is 1. The number of anilines is 1. The van der Waals surface area contributed by atoms with E-state index in [0.29, 0.717) is 21.3 Å². The van der Waals surface area contributed by atoms with Gasteiger partial charge in [-0.05, 0) is 26.0 Å². The van der Waals surface area contributed by atoms with Crippen molar-refractivity contribution in [1.29, 1.82) is 0 Å². The molecule has 8 heteroatoms. The third-order valence-corrected chi connectivity index (χ3v) is 4.69. The van der Waals surface area contributed by atoms with Gasteiger partial charge < -0.3 is 9.73 Å². The van der Waals surface area contributed by atoms with Gasteiger partial charge in [-0.1, -0.05) is 11.6 Å². The molecule has 3 aromatic rings. The van der Waals surface area contributed by atoms with E-state index in [1.165, 1.54) is 15.9 Å². The van der Waals surface area contributed by atoms with Crippen LogP contribution in [-0.4, -0.2) is 15.5 Å². The molecule has 2 heterocycles. The third kappa shape index (κ3) is 3.30. The highest BCUT2D eigenvalue weighted by atomic mass is 35.5. The molecule has 0 saturated heterocycles. The normalized spacial score (nSPS) is 11.1. The standard InChI is InChI=1S/C15H14ClN3O3S/c1-8-9(2)23-14(17-8)18-13(20)5-6-19-11-4-3-10(16)7-12(11)22-15(19)21/h3-4,7H,5-6H2,1-2H3,(H,17,18,20). The first-order valence-electron chi connectivity index (χ1n) is 6.97. The number of benzene rings is 1. The number of nitrogens with one attached hydrogen (secondary N) is 1. The summed E-state index contributed by atoms with van der Waals surface area (Å²) in [4.78, 5) is 29.2. The van der Waals surface area contributed by atoms with Gasteiger partial charge in [0.2, 0.25) is 5.91 Å². The lowest BCUT2D eigenvalue weighted by atomic mass is 10.3. The molecule has 0 fully saturated rings. The molecule has 23 heavy (non-hydrogen) atoms. The third-order valence-electron chi connectivity index (χ3n) is 3.47. The average molecular weight is 352 g/mol. The zero-order valence-corrected chi connectivity index (χ0v) is 14.1. The van der Waals surface area contributed by atoms with Gasteiger partial charge in [0, 0.05) is 28.9 Å². The largest absolute Gasteiger partial charge is 0.419 e. The van der Waals surface area contributed by atoms with Crippen molar-refractivity contribution >= 4 is 45.1 Å². The van der Waals surface area contributed by atoms with E-state index in [0.717, 1.165) is 10.6 Å². The Morgan fingerprint density at radius 2 is 2.22 bits per heavy atom. The number of carbonyl (C=O) groups excluding carboxylic acids is 1. The van der Waals surface area contributed by atoms with Gasteiger partial charge in [-0.15, -0.1) is 11.3 Å². The van der Waals surface area contributed by atoms with Crippen LogP contribution in [0.3, 0.4) is 0 Å². The molecule has 0 atom stereocenters. The molecule has 1 amide bonds. The topological polar surface area (TPSA) is 77.1 Å². The quantitative estimate of drug-likeness (QED) is 0.782. The minimum Gasteiger partial charge on any atom is -0.408 e. The average Bonchev–Trinajstić information content (AvgIpc) is 2.95. The maximum absolute atomic E-state index is 12.0. The molecular formula is C15H14ClN3O3S. The van der Waals surface area contributed by atoms with Gasteiger partial charge in [0.15, 0.2) is 10.7 Å². The molecule has 0 radical (unpaired) electrons. The van der Waals surface area contributed by atoms with Crippen LogP contribution >= 0.6 is 22.9 Å². The maximum Gasteiger partial charge on any atom is 0.419 e. The second-order valence-electron chi connectivity index (χ2n) is 5.09. The van der Waals surface area contributed by atoms with E-state index in [1.54, 1.807) is 18.2 Å². The zero-order chi connectivity index (χ0) is 16.6. The second kappa shape index (κ2) is 6.17. The predicted molar refractivity (Wildman–Crippen MR) is 90.3 cm³/mol. The highest BCUT2D eigenvalue weighted by molar-refractivity contribution is 7.15. The Kier molecular flexibility index (Phi) is 4.23. The van der Waals surface area contributed by atoms with Crippen LogP contribution in [0, 0.1) is 13.8 Å². The van der Waals surface area contributed by atoms with Crippen LogP contribution in [0.1, 0.15) is 17.0 Å². The number of halogens is 1. The molecular weight excluding hydrogens is 338 g/mol. The number of nitrogens with zero attached hydrogens (tertiary/aromatic N) is 2.